The summed E-state index contributed by atoms with van der Waals surface area (Å²) < 4.78 is 33.8. The summed E-state index contributed by atoms with van der Waals surface area (Å²) in [6.45, 7) is 3.92. The standard InChI is InChI=1S/C21H27ClN2O4S/c1-4-8-15(2)23-21(25)18(13-16-9-6-5-7-10-16)24-29(26,27)20-14-17(22)11-12-19(20)28-3/h5-7,9-12,14-15,18,24H,4,8,13H2,1-3H3,(H,23,25)/t15-,18-/m0/s1. The number of nitrogens with one attached hydrogen (secondary N) is 2. The highest BCUT2D eigenvalue weighted by Crippen LogP contribution is 2.27. The SMILES string of the molecule is CCC[C@H](C)NC(=O)[C@H](Cc1ccccc1)NS(=O)(=O)c1cc(Cl)ccc1OC. The van der Waals surface area contributed by atoms with Gasteiger partial charge in [-0.25, -0.2) is 8.42 Å². The van der Waals surface area contributed by atoms with Crippen LogP contribution in [-0.4, -0.2) is 33.5 Å². The van der Waals surface area contributed by atoms with Crippen molar-refractivity contribution >= 4 is 27.5 Å². The number of hydrogen-bond acceptors (Lipinski definition) is 4. The van der Waals surface area contributed by atoms with Gasteiger partial charge in [-0.15, -0.1) is 0 Å². The first-order valence-electron chi connectivity index (χ1n) is 9.47. The zero-order valence-corrected chi connectivity index (χ0v) is 18.4. The number of halogens is 1. The molecule has 0 aliphatic heterocycles. The van der Waals surface area contributed by atoms with Crippen LogP contribution in [0.4, 0.5) is 0 Å². The van der Waals surface area contributed by atoms with Gasteiger partial charge >= 0.3 is 0 Å². The first-order chi connectivity index (χ1) is 13.8. The van der Waals surface area contributed by atoms with Crippen molar-refractivity contribution in [1.29, 1.82) is 0 Å². The molecular weight excluding hydrogens is 412 g/mol. The Morgan fingerprint density at radius 1 is 1.17 bits per heavy atom. The molecular formula is C21H27ClN2O4S. The van der Waals surface area contributed by atoms with E-state index in [0.717, 1.165) is 18.4 Å². The quantitative estimate of drug-likeness (QED) is 0.594. The summed E-state index contributed by atoms with van der Waals surface area (Å²) in [5.74, 6) is -0.223. The summed E-state index contributed by atoms with van der Waals surface area (Å²) in [5.41, 5.74) is 0.844. The monoisotopic (exact) mass is 438 g/mol. The van der Waals surface area contributed by atoms with E-state index in [1.807, 2.05) is 44.2 Å². The Morgan fingerprint density at radius 2 is 1.86 bits per heavy atom. The minimum atomic E-state index is -4.06. The number of rotatable bonds is 10. The molecule has 0 saturated carbocycles. The lowest BCUT2D eigenvalue weighted by molar-refractivity contribution is -0.123. The van der Waals surface area contributed by atoms with Crippen LogP contribution in [0.25, 0.3) is 0 Å². The first kappa shape index (κ1) is 23.2. The van der Waals surface area contributed by atoms with Gasteiger partial charge in [0.25, 0.3) is 0 Å². The van der Waals surface area contributed by atoms with Crippen LogP contribution < -0.4 is 14.8 Å². The number of carbonyl (C=O) groups excluding carboxylic acids is 1. The van der Waals surface area contributed by atoms with Crippen molar-refractivity contribution in [2.24, 2.45) is 0 Å². The van der Waals surface area contributed by atoms with Crippen molar-refractivity contribution in [2.75, 3.05) is 7.11 Å². The molecule has 0 unspecified atom stereocenters. The van der Waals surface area contributed by atoms with Gasteiger partial charge in [0.2, 0.25) is 15.9 Å². The maximum atomic E-state index is 13.1. The first-order valence-corrected chi connectivity index (χ1v) is 11.3. The summed E-state index contributed by atoms with van der Waals surface area (Å²) in [6.07, 6.45) is 1.93. The third-order valence-electron chi connectivity index (χ3n) is 4.42. The summed E-state index contributed by atoms with van der Waals surface area (Å²) >= 11 is 5.99. The number of sulfonamides is 1. The second kappa shape index (κ2) is 10.6. The van der Waals surface area contributed by atoms with Gasteiger partial charge in [0.1, 0.15) is 16.7 Å². The summed E-state index contributed by atoms with van der Waals surface area (Å²) in [5, 5.41) is 3.15. The molecule has 2 aromatic rings. The second-order valence-corrected chi connectivity index (χ2v) is 8.98. The highest BCUT2D eigenvalue weighted by molar-refractivity contribution is 7.89. The van der Waals surface area contributed by atoms with E-state index in [9.17, 15) is 13.2 Å². The molecule has 8 heteroatoms. The van der Waals surface area contributed by atoms with E-state index in [-0.39, 0.29) is 34.0 Å². The van der Waals surface area contributed by atoms with Crippen LogP contribution in [0.5, 0.6) is 5.75 Å². The number of ether oxygens (including phenoxy) is 1. The molecule has 0 aliphatic rings. The molecule has 6 nitrogen and oxygen atoms in total. The van der Waals surface area contributed by atoms with Crippen LogP contribution >= 0.6 is 11.6 Å². The van der Waals surface area contributed by atoms with Crippen molar-refractivity contribution in [1.82, 2.24) is 10.0 Å². The van der Waals surface area contributed by atoms with Gasteiger partial charge in [-0.3, -0.25) is 4.79 Å². The molecule has 2 N–H and O–H groups in total. The third kappa shape index (κ3) is 6.73. The number of methoxy groups -OCH3 is 1. The molecule has 0 heterocycles. The van der Waals surface area contributed by atoms with Gasteiger partial charge in [-0.1, -0.05) is 55.3 Å². The lowest BCUT2D eigenvalue weighted by atomic mass is 10.1. The zero-order valence-electron chi connectivity index (χ0n) is 16.8. The third-order valence-corrected chi connectivity index (χ3v) is 6.15. The second-order valence-electron chi connectivity index (χ2n) is 6.86. The minimum absolute atomic E-state index is 0.0593. The van der Waals surface area contributed by atoms with Gasteiger partial charge in [0, 0.05) is 11.1 Å². The molecule has 0 radical (unpaired) electrons. The van der Waals surface area contributed by atoms with Crippen LogP contribution in [0.2, 0.25) is 5.02 Å². The molecule has 0 bridgehead atoms. The fraction of sp³-hybridized carbons (Fsp3) is 0.381. The molecule has 0 saturated heterocycles. The molecule has 2 rings (SSSR count). The van der Waals surface area contributed by atoms with E-state index in [1.54, 1.807) is 6.07 Å². The lowest BCUT2D eigenvalue weighted by Gasteiger charge is -2.22. The molecule has 29 heavy (non-hydrogen) atoms. The van der Waals surface area contributed by atoms with E-state index >= 15 is 0 Å². The summed E-state index contributed by atoms with van der Waals surface area (Å²) in [6, 6.07) is 12.5. The molecule has 2 atom stereocenters. The van der Waals surface area contributed by atoms with Crippen molar-refractivity contribution in [3.63, 3.8) is 0 Å². The molecule has 0 fully saturated rings. The van der Waals surface area contributed by atoms with Gasteiger partial charge in [-0.2, -0.15) is 4.72 Å². The predicted octanol–water partition coefficient (Wildman–Crippen LogP) is 3.54. The fourth-order valence-corrected chi connectivity index (χ4v) is 4.62. The molecule has 0 aliphatic carbocycles. The normalized spacial score (nSPS) is 13.5. The van der Waals surface area contributed by atoms with Crippen molar-refractivity contribution in [3.8, 4) is 5.75 Å². The van der Waals surface area contributed by atoms with Crippen molar-refractivity contribution in [2.45, 2.75) is 50.1 Å². The highest BCUT2D eigenvalue weighted by atomic mass is 35.5. The predicted molar refractivity (Wildman–Crippen MR) is 115 cm³/mol. The fourth-order valence-electron chi connectivity index (χ4n) is 3.00. The zero-order chi connectivity index (χ0) is 21.4. The van der Waals surface area contributed by atoms with Crippen LogP contribution in [-0.2, 0) is 21.2 Å². The van der Waals surface area contributed by atoms with Crippen LogP contribution in [0.15, 0.2) is 53.4 Å². The van der Waals surface area contributed by atoms with Gasteiger partial charge in [0.15, 0.2) is 0 Å². The Balaban J connectivity index is 2.32. The van der Waals surface area contributed by atoms with E-state index < -0.39 is 16.1 Å². The average Bonchev–Trinajstić information content (AvgIpc) is 2.68. The summed E-state index contributed by atoms with van der Waals surface area (Å²) in [7, 11) is -2.68. The number of benzene rings is 2. The maximum absolute atomic E-state index is 13.1. The van der Waals surface area contributed by atoms with Crippen LogP contribution in [0.3, 0.4) is 0 Å². The Labute approximate surface area is 177 Å². The topological polar surface area (TPSA) is 84.5 Å². The molecule has 0 spiro atoms. The largest absolute Gasteiger partial charge is 0.495 e. The Bertz CT molecular complexity index is 920. The average molecular weight is 439 g/mol. The maximum Gasteiger partial charge on any atom is 0.245 e. The van der Waals surface area contributed by atoms with E-state index in [2.05, 4.69) is 10.0 Å². The number of hydrogen-bond donors (Lipinski definition) is 2. The number of amides is 1. The Hall–Kier alpha value is -2.09. The Kier molecular flexibility index (Phi) is 8.49. The van der Waals surface area contributed by atoms with Crippen LogP contribution in [0.1, 0.15) is 32.3 Å². The molecule has 158 valence electrons. The van der Waals surface area contributed by atoms with E-state index in [1.165, 1.54) is 19.2 Å². The van der Waals surface area contributed by atoms with E-state index in [4.69, 9.17) is 16.3 Å². The molecule has 0 aromatic heterocycles. The van der Waals surface area contributed by atoms with Crippen molar-refractivity contribution < 1.29 is 17.9 Å². The molecule has 2 aromatic carbocycles. The smallest absolute Gasteiger partial charge is 0.245 e. The van der Waals surface area contributed by atoms with Gasteiger partial charge < -0.3 is 10.1 Å². The Morgan fingerprint density at radius 3 is 2.48 bits per heavy atom. The highest BCUT2D eigenvalue weighted by Gasteiger charge is 2.29. The summed E-state index contributed by atoms with van der Waals surface area (Å²) in [4.78, 5) is 12.8. The van der Waals surface area contributed by atoms with Crippen molar-refractivity contribution in [3.05, 3.63) is 59.1 Å². The van der Waals surface area contributed by atoms with E-state index in [0.29, 0.717) is 0 Å². The minimum Gasteiger partial charge on any atom is -0.495 e. The number of carbonyl (C=O) groups is 1. The van der Waals surface area contributed by atoms with Crippen LogP contribution in [0, 0.1) is 0 Å². The molecule has 1 amide bonds. The van der Waals surface area contributed by atoms with Gasteiger partial charge in [0.05, 0.1) is 7.11 Å². The lowest BCUT2D eigenvalue weighted by Crippen LogP contribution is -2.50. The van der Waals surface area contributed by atoms with Gasteiger partial charge in [-0.05, 0) is 43.5 Å².